The summed E-state index contributed by atoms with van der Waals surface area (Å²) < 4.78 is 0. The van der Waals surface area contributed by atoms with E-state index in [4.69, 9.17) is 0 Å². The molecule has 0 radical (unpaired) electrons. The predicted octanol–water partition coefficient (Wildman–Crippen LogP) is 0.0591. The van der Waals surface area contributed by atoms with E-state index in [1.54, 1.807) is 0 Å². The molecule has 0 spiro atoms. The Bertz CT molecular complexity index is 578. The summed E-state index contributed by atoms with van der Waals surface area (Å²) in [6.45, 7) is 1.70. The normalized spacial score (nSPS) is 27.7. The van der Waals surface area contributed by atoms with Gasteiger partial charge in [-0.05, 0) is 24.8 Å². The molecule has 24 heavy (non-hydrogen) atoms. The highest BCUT2D eigenvalue weighted by Gasteiger charge is 2.40. The number of rotatable bonds is 5. The largest absolute Gasteiger partial charge is 0.389 e. The Morgan fingerprint density at radius 2 is 2.08 bits per heavy atom. The number of carbonyl (C=O) groups excluding carboxylic acids is 2. The van der Waals surface area contributed by atoms with Crippen LogP contribution in [0.1, 0.15) is 24.8 Å². The molecule has 2 aliphatic rings. The summed E-state index contributed by atoms with van der Waals surface area (Å²) in [6.07, 6.45) is 2.06. The summed E-state index contributed by atoms with van der Waals surface area (Å²) in [5, 5.41) is 16.3. The highest BCUT2D eigenvalue weighted by molar-refractivity contribution is 5.78. The molecule has 1 aromatic rings. The molecule has 2 fully saturated rings. The Kier molecular flexibility index (Phi) is 5.48. The lowest BCUT2D eigenvalue weighted by Crippen LogP contribution is -2.55. The Morgan fingerprint density at radius 1 is 1.29 bits per heavy atom. The van der Waals surface area contributed by atoms with Gasteiger partial charge in [0.2, 0.25) is 11.8 Å². The number of carbonyl (C=O) groups is 2. The van der Waals surface area contributed by atoms with Gasteiger partial charge in [0, 0.05) is 25.6 Å². The van der Waals surface area contributed by atoms with Gasteiger partial charge in [-0.3, -0.25) is 14.5 Å². The van der Waals surface area contributed by atoms with E-state index >= 15 is 0 Å². The minimum atomic E-state index is -0.614. The van der Waals surface area contributed by atoms with Crippen LogP contribution in [0.4, 0.5) is 0 Å². The average molecular weight is 331 g/mol. The third-order valence-corrected chi connectivity index (χ3v) is 4.95. The summed E-state index contributed by atoms with van der Waals surface area (Å²) in [7, 11) is 0. The van der Waals surface area contributed by atoms with Crippen LogP contribution >= 0.6 is 0 Å². The highest BCUT2D eigenvalue weighted by atomic mass is 16.3. The number of hydrogen-bond donors (Lipinski definition) is 3. The van der Waals surface area contributed by atoms with Crippen molar-refractivity contribution in [1.29, 1.82) is 0 Å². The molecule has 0 unspecified atom stereocenters. The lowest BCUT2D eigenvalue weighted by molar-refractivity contribution is -0.126. The van der Waals surface area contributed by atoms with E-state index in [1.165, 1.54) is 0 Å². The molecule has 1 aliphatic heterocycles. The number of amides is 2. The molecule has 1 aromatic carbocycles. The standard InChI is InChI=1S/C18H25N3O3/c22-16(9-6-13-4-2-1-3-5-13)20-14-7-8-15(18(14)24)21-11-10-19-17(23)12-21/h1-5,14-15,18,24H,6-12H2,(H,19,23)(H,20,22)/t14-,15-,18-/m1/s1. The van der Waals surface area contributed by atoms with Crippen LogP contribution in [-0.2, 0) is 16.0 Å². The molecule has 130 valence electrons. The number of benzene rings is 1. The van der Waals surface area contributed by atoms with Crippen LogP contribution in [0.5, 0.6) is 0 Å². The minimum Gasteiger partial charge on any atom is -0.389 e. The number of nitrogens with one attached hydrogen (secondary N) is 2. The first kappa shape index (κ1) is 16.9. The van der Waals surface area contributed by atoms with Crippen molar-refractivity contribution in [3.8, 4) is 0 Å². The molecule has 1 heterocycles. The molecule has 3 rings (SSSR count). The van der Waals surface area contributed by atoms with Gasteiger partial charge >= 0.3 is 0 Å². The molecule has 6 nitrogen and oxygen atoms in total. The van der Waals surface area contributed by atoms with Gasteiger partial charge in [-0.25, -0.2) is 0 Å². The van der Waals surface area contributed by atoms with E-state index in [-0.39, 0.29) is 23.9 Å². The van der Waals surface area contributed by atoms with E-state index < -0.39 is 6.10 Å². The number of aliphatic hydroxyl groups is 1. The Hall–Kier alpha value is -1.92. The first-order valence-corrected chi connectivity index (χ1v) is 8.65. The predicted molar refractivity (Wildman–Crippen MR) is 90.3 cm³/mol. The van der Waals surface area contributed by atoms with Gasteiger partial charge in [0.15, 0.2) is 0 Å². The number of aryl methyl sites for hydroxylation is 1. The fourth-order valence-electron chi connectivity index (χ4n) is 3.64. The molecule has 1 saturated heterocycles. The zero-order chi connectivity index (χ0) is 16.9. The van der Waals surface area contributed by atoms with Gasteiger partial charge in [0.1, 0.15) is 0 Å². The van der Waals surface area contributed by atoms with Crippen molar-refractivity contribution in [2.24, 2.45) is 0 Å². The van der Waals surface area contributed by atoms with E-state index in [0.717, 1.165) is 24.9 Å². The van der Waals surface area contributed by atoms with Crippen LogP contribution in [0.2, 0.25) is 0 Å². The number of aliphatic hydroxyl groups excluding tert-OH is 1. The van der Waals surface area contributed by atoms with Crippen LogP contribution in [0.15, 0.2) is 30.3 Å². The minimum absolute atomic E-state index is 0.00352. The van der Waals surface area contributed by atoms with E-state index in [2.05, 4.69) is 10.6 Å². The van der Waals surface area contributed by atoms with E-state index in [0.29, 0.717) is 25.9 Å². The van der Waals surface area contributed by atoms with Crippen molar-refractivity contribution in [1.82, 2.24) is 15.5 Å². The smallest absolute Gasteiger partial charge is 0.234 e. The Balaban J connectivity index is 1.47. The van der Waals surface area contributed by atoms with Crippen molar-refractivity contribution in [2.45, 2.75) is 43.9 Å². The summed E-state index contributed by atoms with van der Waals surface area (Å²) in [5.74, 6) is -0.0243. The van der Waals surface area contributed by atoms with Gasteiger partial charge in [-0.2, -0.15) is 0 Å². The number of piperazine rings is 1. The fourth-order valence-corrected chi connectivity index (χ4v) is 3.64. The first-order chi connectivity index (χ1) is 11.6. The van der Waals surface area contributed by atoms with Gasteiger partial charge in [-0.15, -0.1) is 0 Å². The van der Waals surface area contributed by atoms with Gasteiger partial charge in [0.25, 0.3) is 0 Å². The Morgan fingerprint density at radius 3 is 2.83 bits per heavy atom. The maximum Gasteiger partial charge on any atom is 0.234 e. The van der Waals surface area contributed by atoms with Crippen molar-refractivity contribution >= 4 is 11.8 Å². The van der Waals surface area contributed by atoms with E-state index in [9.17, 15) is 14.7 Å². The molecule has 3 N–H and O–H groups in total. The monoisotopic (exact) mass is 331 g/mol. The molecule has 0 bridgehead atoms. The lowest BCUT2D eigenvalue weighted by atomic mass is 10.1. The lowest BCUT2D eigenvalue weighted by Gasteiger charge is -2.34. The molecule has 1 saturated carbocycles. The zero-order valence-corrected chi connectivity index (χ0v) is 13.8. The second kappa shape index (κ2) is 7.77. The third kappa shape index (κ3) is 4.13. The quantitative estimate of drug-likeness (QED) is 0.713. The van der Waals surface area contributed by atoms with Gasteiger partial charge in [-0.1, -0.05) is 30.3 Å². The second-order valence-electron chi connectivity index (χ2n) is 6.62. The molecular formula is C18H25N3O3. The van der Waals surface area contributed by atoms with Crippen LogP contribution in [-0.4, -0.2) is 59.6 Å². The first-order valence-electron chi connectivity index (χ1n) is 8.65. The molecule has 3 atom stereocenters. The molecule has 2 amide bonds. The SMILES string of the molecule is O=C1CN([C@@H]2CC[C@@H](NC(=O)CCc3ccccc3)[C@H]2O)CCN1. The summed E-state index contributed by atoms with van der Waals surface area (Å²) in [4.78, 5) is 25.7. The summed E-state index contributed by atoms with van der Waals surface area (Å²) in [5.41, 5.74) is 1.14. The number of hydrogen-bond acceptors (Lipinski definition) is 4. The van der Waals surface area contributed by atoms with Gasteiger partial charge in [0.05, 0.1) is 18.7 Å². The van der Waals surface area contributed by atoms with Gasteiger partial charge < -0.3 is 15.7 Å². The maximum atomic E-state index is 12.2. The Labute approximate surface area is 142 Å². The third-order valence-electron chi connectivity index (χ3n) is 4.95. The maximum absolute atomic E-state index is 12.2. The summed E-state index contributed by atoms with van der Waals surface area (Å²) >= 11 is 0. The van der Waals surface area contributed by atoms with Crippen LogP contribution in [0, 0.1) is 0 Å². The van der Waals surface area contributed by atoms with Crippen LogP contribution in [0.3, 0.4) is 0 Å². The average Bonchev–Trinajstić information content (AvgIpc) is 2.95. The van der Waals surface area contributed by atoms with Crippen molar-refractivity contribution in [2.75, 3.05) is 19.6 Å². The topological polar surface area (TPSA) is 81.7 Å². The van der Waals surface area contributed by atoms with Crippen molar-refractivity contribution in [3.05, 3.63) is 35.9 Å². The highest BCUT2D eigenvalue weighted by Crippen LogP contribution is 2.25. The second-order valence-corrected chi connectivity index (χ2v) is 6.62. The van der Waals surface area contributed by atoms with Crippen LogP contribution in [0.25, 0.3) is 0 Å². The zero-order valence-electron chi connectivity index (χ0n) is 13.8. The van der Waals surface area contributed by atoms with Crippen LogP contribution < -0.4 is 10.6 Å². The van der Waals surface area contributed by atoms with E-state index in [1.807, 2.05) is 35.2 Å². The molecular weight excluding hydrogens is 306 g/mol. The van der Waals surface area contributed by atoms with Crippen molar-refractivity contribution in [3.63, 3.8) is 0 Å². The molecule has 1 aliphatic carbocycles. The number of nitrogens with zero attached hydrogens (tertiary/aromatic N) is 1. The summed E-state index contributed by atoms with van der Waals surface area (Å²) in [6, 6.07) is 9.64. The fraction of sp³-hybridized carbons (Fsp3) is 0.556. The van der Waals surface area contributed by atoms with Crippen molar-refractivity contribution < 1.29 is 14.7 Å². The molecule has 0 aromatic heterocycles. The molecule has 6 heteroatoms.